The molecule has 2 N–H and O–H groups in total. The van der Waals surface area contributed by atoms with E-state index in [2.05, 4.69) is 13.8 Å². The van der Waals surface area contributed by atoms with Gasteiger partial charge in [0, 0.05) is 0 Å². The molecule has 9 atom stereocenters. The molecule has 2 nitrogen and oxygen atoms in total. The van der Waals surface area contributed by atoms with Crippen molar-refractivity contribution in [1.82, 2.24) is 0 Å². The molecule has 132 valence electrons. The SMILES string of the molecule is C[C@]12CC[C@H]3[C@@H](C[C@@H](Cl)[C@@]4(Cl)C[C@@H](O)CC[C@]34C)[C@@H]1CC[C@@H]2O. The molecule has 0 aromatic heterocycles. The van der Waals surface area contributed by atoms with Crippen molar-refractivity contribution in [2.24, 2.45) is 28.6 Å². The second-order valence-electron chi connectivity index (χ2n) is 9.39. The summed E-state index contributed by atoms with van der Waals surface area (Å²) >= 11 is 14.0. The highest BCUT2D eigenvalue weighted by Crippen LogP contribution is 2.69. The molecule has 0 spiro atoms. The van der Waals surface area contributed by atoms with Crippen LogP contribution in [0.5, 0.6) is 0 Å². The molecule has 0 aromatic rings. The summed E-state index contributed by atoms with van der Waals surface area (Å²) in [7, 11) is 0. The number of rotatable bonds is 0. The van der Waals surface area contributed by atoms with Gasteiger partial charge in [-0.3, -0.25) is 0 Å². The summed E-state index contributed by atoms with van der Waals surface area (Å²) in [4.78, 5) is -0.474. The lowest BCUT2D eigenvalue weighted by Gasteiger charge is -2.65. The monoisotopic (exact) mass is 360 g/mol. The van der Waals surface area contributed by atoms with E-state index in [0.717, 1.165) is 44.9 Å². The van der Waals surface area contributed by atoms with Gasteiger partial charge in [0.05, 0.1) is 22.5 Å². The second-order valence-corrected chi connectivity index (χ2v) is 10.6. The average molecular weight is 361 g/mol. The lowest BCUT2D eigenvalue weighted by molar-refractivity contribution is -0.122. The first-order valence-corrected chi connectivity index (χ1v) is 10.2. The quantitative estimate of drug-likeness (QED) is 0.631. The minimum atomic E-state index is -0.474. The zero-order valence-corrected chi connectivity index (χ0v) is 15.8. The predicted octanol–water partition coefficient (Wildman–Crippen LogP) is 4.33. The summed E-state index contributed by atoms with van der Waals surface area (Å²) in [6, 6.07) is 0. The van der Waals surface area contributed by atoms with Crippen LogP contribution < -0.4 is 0 Å². The summed E-state index contributed by atoms with van der Waals surface area (Å²) in [6.07, 6.45) is 7.30. The normalized spacial score (nSPS) is 62.3. The van der Waals surface area contributed by atoms with E-state index in [9.17, 15) is 10.2 Å². The first-order valence-electron chi connectivity index (χ1n) is 9.41. The minimum absolute atomic E-state index is 0.0119. The van der Waals surface area contributed by atoms with Gasteiger partial charge in [0.15, 0.2) is 0 Å². The molecule has 0 saturated heterocycles. The number of halogens is 2. The molecule has 0 aliphatic heterocycles. The van der Waals surface area contributed by atoms with E-state index in [1.54, 1.807) is 0 Å². The molecule has 0 aromatic carbocycles. The van der Waals surface area contributed by atoms with Crippen LogP contribution in [-0.4, -0.2) is 32.7 Å². The summed E-state index contributed by atoms with van der Waals surface area (Å²) in [5.41, 5.74) is 0.0899. The number of hydrogen-bond acceptors (Lipinski definition) is 2. The van der Waals surface area contributed by atoms with Crippen molar-refractivity contribution in [2.75, 3.05) is 0 Å². The van der Waals surface area contributed by atoms with Crippen LogP contribution in [-0.2, 0) is 0 Å². The van der Waals surface area contributed by atoms with Gasteiger partial charge in [0.25, 0.3) is 0 Å². The average Bonchev–Trinajstić information content (AvgIpc) is 2.79. The molecule has 4 rings (SSSR count). The summed E-state index contributed by atoms with van der Waals surface area (Å²) < 4.78 is 0. The first kappa shape index (κ1) is 16.9. The van der Waals surface area contributed by atoms with Gasteiger partial charge >= 0.3 is 0 Å². The fourth-order valence-electron chi connectivity index (χ4n) is 7.14. The fourth-order valence-corrected chi connectivity index (χ4v) is 8.18. The number of fused-ring (bicyclic) bond motifs is 5. The molecule has 23 heavy (non-hydrogen) atoms. The Morgan fingerprint density at radius 3 is 2.43 bits per heavy atom. The molecule has 0 radical (unpaired) electrons. The molecule has 4 saturated carbocycles. The van der Waals surface area contributed by atoms with Crippen molar-refractivity contribution in [3.8, 4) is 0 Å². The molecule has 4 fully saturated rings. The van der Waals surface area contributed by atoms with E-state index in [1.165, 1.54) is 0 Å². The van der Waals surface area contributed by atoms with Gasteiger partial charge in [-0.1, -0.05) is 13.8 Å². The predicted molar refractivity (Wildman–Crippen MR) is 93.9 cm³/mol. The van der Waals surface area contributed by atoms with Gasteiger partial charge in [-0.25, -0.2) is 0 Å². The highest BCUT2D eigenvalue weighted by Gasteiger charge is 2.67. The zero-order valence-electron chi connectivity index (χ0n) is 14.3. The van der Waals surface area contributed by atoms with Crippen molar-refractivity contribution in [2.45, 2.75) is 87.7 Å². The molecule has 0 heterocycles. The number of alkyl halides is 2. The van der Waals surface area contributed by atoms with E-state index >= 15 is 0 Å². The summed E-state index contributed by atoms with van der Waals surface area (Å²) in [5, 5.41) is 20.6. The Morgan fingerprint density at radius 1 is 0.957 bits per heavy atom. The Balaban J connectivity index is 1.71. The third kappa shape index (κ3) is 2.08. The minimum Gasteiger partial charge on any atom is -0.393 e. The van der Waals surface area contributed by atoms with Crippen LogP contribution in [0.3, 0.4) is 0 Å². The second kappa shape index (κ2) is 5.25. The lowest BCUT2D eigenvalue weighted by atomic mass is 9.44. The third-order valence-corrected chi connectivity index (χ3v) is 10.2. The van der Waals surface area contributed by atoms with Crippen molar-refractivity contribution < 1.29 is 10.2 Å². The van der Waals surface area contributed by atoms with E-state index in [4.69, 9.17) is 23.2 Å². The van der Waals surface area contributed by atoms with Gasteiger partial charge in [0.1, 0.15) is 0 Å². The number of aliphatic hydroxyl groups excluding tert-OH is 2. The molecule has 0 unspecified atom stereocenters. The van der Waals surface area contributed by atoms with Crippen LogP contribution in [0, 0.1) is 28.6 Å². The number of aliphatic hydroxyl groups is 2. The molecule has 4 aliphatic rings. The van der Waals surface area contributed by atoms with E-state index in [1.807, 2.05) is 0 Å². The maximum absolute atomic E-state index is 10.5. The highest BCUT2D eigenvalue weighted by atomic mass is 35.5. The Hall–Kier alpha value is 0.500. The maximum atomic E-state index is 10.5. The van der Waals surface area contributed by atoms with Crippen LogP contribution >= 0.6 is 23.2 Å². The van der Waals surface area contributed by atoms with Crippen LogP contribution in [0.1, 0.15) is 65.2 Å². The first-order chi connectivity index (χ1) is 10.7. The van der Waals surface area contributed by atoms with Gasteiger partial charge in [-0.2, -0.15) is 0 Å². The molecule has 4 aliphatic carbocycles. The van der Waals surface area contributed by atoms with Gasteiger partial charge in [-0.15, -0.1) is 23.2 Å². The molecule has 4 heteroatoms. The third-order valence-electron chi connectivity index (χ3n) is 8.66. The van der Waals surface area contributed by atoms with Crippen molar-refractivity contribution in [3.05, 3.63) is 0 Å². The Morgan fingerprint density at radius 2 is 1.70 bits per heavy atom. The Labute approximate surface area is 149 Å². The largest absolute Gasteiger partial charge is 0.393 e. The summed E-state index contributed by atoms with van der Waals surface area (Å²) in [5.74, 6) is 1.76. The zero-order chi connectivity index (χ0) is 16.6. The fraction of sp³-hybridized carbons (Fsp3) is 1.00. The van der Waals surface area contributed by atoms with Crippen LogP contribution in [0.25, 0.3) is 0 Å². The molecular formula is C19H30Cl2O2. The van der Waals surface area contributed by atoms with E-state index in [0.29, 0.717) is 24.2 Å². The lowest BCUT2D eigenvalue weighted by Crippen LogP contribution is -2.65. The van der Waals surface area contributed by atoms with E-state index < -0.39 is 4.87 Å². The standard InChI is InChI=1S/C19H30Cl2O2/c1-17-7-6-14-12(13(17)3-4-16(17)23)9-15(20)19(21)10-11(22)5-8-18(14,19)2/h11-16,22-23H,3-10H2,1-2H3/t11-,12-,13-,14-,15+,16-,17-,18+,19-/m0/s1. The van der Waals surface area contributed by atoms with Crippen molar-refractivity contribution in [1.29, 1.82) is 0 Å². The Kier molecular flexibility index (Phi) is 3.87. The van der Waals surface area contributed by atoms with Crippen LogP contribution in [0.4, 0.5) is 0 Å². The summed E-state index contributed by atoms with van der Waals surface area (Å²) in [6.45, 7) is 4.64. The smallest absolute Gasteiger partial charge is 0.0690 e. The Bertz CT molecular complexity index is 500. The highest BCUT2D eigenvalue weighted by molar-refractivity contribution is 6.33. The van der Waals surface area contributed by atoms with Crippen LogP contribution in [0.15, 0.2) is 0 Å². The maximum Gasteiger partial charge on any atom is 0.0690 e. The molecule has 0 amide bonds. The van der Waals surface area contributed by atoms with Gasteiger partial charge < -0.3 is 10.2 Å². The molecule has 0 bridgehead atoms. The van der Waals surface area contributed by atoms with Crippen LogP contribution in [0.2, 0.25) is 0 Å². The molecular weight excluding hydrogens is 331 g/mol. The van der Waals surface area contributed by atoms with E-state index in [-0.39, 0.29) is 28.4 Å². The van der Waals surface area contributed by atoms with Crippen molar-refractivity contribution in [3.63, 3.8) is 0 Å². The van der Waals surface area contributed by atoms with Gasteiger partial charge in [0.2, 0.25) is 0 Å². The van der Waals surface area contributed by atoms with Gasteiger partial charge in [-0.05, 0) is 80.0 Å². The topological polar surface area (TPSA) is 40.5 Å². The van der Waals surface area contributed by atoms with Crippen molar-refractivity contribution >= 4 is 23.2 Å². The number of hydrogen-bond donors (Lipinski definition) is 2.